The van der Waals surface area contributed by atoms with Gasteiger partial charge in [-0.2, -0.15) is 0 Å². The van der Waals surface area contributed by atoms with Gasteiger partial charge in [0.1, 0.15) is 11.3 Å². The molecule has 5 heteroatoms. The SMILES string of the molecule is O=C(OC(C(=O)N1CCCC1)c1ccccc1)c1ccccc1O. The Morgan fingerprint density at radius 3 is 2.25 bits per heavy atom. The molecule has 5 nitrogen and oxygen atoms in total. The minimum absolute atomic E-state index is 0.0488. The molecule has 3 rings (SSSR count). The van der Waals surface area contributed by atoms with Crippen molar-refractivity contribution in [3.05, 3.63) is 65.7 Å². The van der Waals surface area contributed by atoms with E-state index in [2.05, 4.69) is 0 Å². The summed E-state index contributed by atoms with van der Waals surface area (Å²) in [7, 11) is 0. The van der Waals surface area contributed by atoms with Crippen LogP contribution in [0.4, 0.5) is 0 Å². The maximum atomic E-state index is 12.8. The van der Waals surface area contributed by atoms with Crippen molar-refractivity contribution in [2.24, 2.45) is 0 Å². The molecule has 124 valence electrons. The van der Waals surface area contributed by atoms with Crippen LogP contribution in [0, 0.1) is 0 Å². The molecule has 2 aromatic rings. The molecule has 1 fully saturated rings. The fourth-order valence-electron chi connectivity index (χ4n) is 2.81. The number of phenols is 1. The summed E-state index contributed by atoms with van der Waals surface area (Å²) in [5, 5.41) is 9.82. The molecule has 1 saturated heterocycles. The van der Waals surface area contributed by atoms with Gasteiger partial charge in [-0.3, -0.25) is 4.79 Å². The van der Waals surface area contributed by atoms with Gasteiger partial charge in [-0.1, -0.05) is 42.5 Å². The number of benzene rings is 2. The van der Waals surface area contributed by atoms with Crippen molar-refractivity contribution in [2.45, 2.75) is 18.9 Å². The lowest BCUT2D eigenvalue weighted by Crippen LogP contribution is -2.34. The van der Waals surface area contributed by atoms with Gasteiger partial charge in [0, 0.05) is 18.7 Å². The molecular weight excluding hydrogens is 306 g/mol. The number of para-hydroxylation sites is 1. The number of amides is 1. The second kappa shape index (κ2) is 7.17. The fraction of sp³-hybridized carbons (Fsp3) is 0.263. The first kappa shape index (κ1) is 16.1. The highest BCUT2D eigenvalue weighted by molar-refractivity contribution is 5.94. The molecule has 0 radical (unpaired) electrons. The maximum Gasteiger partial charge on any atom is 0.343 e. The Morgan fingerprint density at radius 2 is 1.58 bits per heavy atom. The second-order valence-electron chi connectivity index (χ2n) is 5.75. The zero-order valence-corrected chi connectivity index (χ0v) is 13.2. The molecule has 1 unspecified atom stereocenters. The van der Waals surface area contributed by atoms with E-state index in [-0.39, 0.29) is 17.2 Å². The highest BCUT2D eigenvalue weighted by Gasteiger charge is 2.31. The topological polar surface area (TPSA) is 66.8 Å². The molecule has 1 N–H and O–H groups in total. The van der Waals surface area contributed by atoms with E-state index in [1.54, 1.807) is 41.3 Å². The summed E-state index contributed by atoms with van der Waals surface area (Å²) in [6.07, 6.45) is 0.915. The first-order valence-corrected chi connectivity index (χ1v) is 7.99. The number of hydrogen-bond acceptors (Lipinski definition) is 4. The minimum atomic E-state index is -1.00. The number of hydrogen-bond donors (Lipinski definition) is 1. The Morgan fingerprint density at radius 1 is 0.958 bits per heavy atom. The van der Waals surface area contributed by atoms with Crippen LogP contribution in [0.15, 0.2) is 54.6 Å². The fourth-order valence-corrected chi connectivity index (χ4v) is 2.81. The van der Waals surface area contributed by atoms with Crippen LogP contribution in [0.3, 0.4) is 0 Å². The lowest BCUT2D eigenvalue weighted by atomic mass is 10.1. The van der Waals surface area contributed by atoms with Crippen LogP contribution in [0.25, 0.3) is 0 Å². The molecule has 2 aromatic carbocycles. The zero-order chi connectivity index (χ0) is 16.9. The summed E-state index contributed by atoms with van der Waals surface area (Å²) in [6, 6.07) is 15.1. The van der Waals surface area contributed by atoms with E-state index in [0.717, 1.165) is 12.8 Å². The van der Waals surface area contributed by atoms with Crippen LogP contribution in [0.5, 0.6) is 5.75 Å². The molecule has 1 aliphatic heterocycles. The summed E-state index contributed by atoms with van der Waals surface area (Å²) in [4.78, 5) is 26.9. The van der Waals surface area contributed by atoms with E-state index in [9.17, 15) is 14.7 Å². The zero-order valence-electron chi connectivity index (χ0n) is 13.2. The quantitative estimate of drug-likeness (QED) is 0.878. The van der Waals surface area contributed by atoms with Gasteiger partial charge in [0.05, 0.1) is 0 Å². The second-order valence-corrected chi connectivity index (χ2v) is 5.75. The summed E-state index contributed by atoms with van der Waals surface area (Å²) in [6.45, 7) is 1.35. The predicted molar refractivity (Wildman–Crippen MR) is 88.5 cm³/mol. The molecule has 0 bridgehead atoms. The molecule has 0 spiro atoms. The van der Waals surface area contributed by atoms with Crippen molar-refractivity contribution in [2.75, 3.05) is 13.1 Å². The first-order valence-electron chi connectivity index (χ1n) is 7.99. The van der Waals surface area contributed by atoms with Crippen LogP contribution >= 0.6 is 0 Å². The monoisotopic (exact) mass is 325 g/mol. The third-order valence-electron chi connectivity index (χ3n) is 4.09. The summed E-state index contributed by atoms with van der Waals surface area (Å²) in [5.74, 6) is -1.10. The number of nitrogens with zero attached hydrogens (tertiary/aromatic N) is 1. The standard InChI is InChI=1S/C19H19NO4/c21-16-11-5-4-10-15(16)19(23)24-17(14-8-2-1-3-9-14)18(22)20-12-6-7-13-20/h1-5,8-11,17,21H,6-7,12-13H2. The predicted octanol–water partition coefficient (Wildman–Crippen LogP) is 2.91. The average Bonchev–Trinajstić information content (AvgIpc) is 3.15. The van der Waals surface area contributed by atoms with Gasteiger partial charge in [-0.15, -0.1) is 0 Å². The van der Waals surface area contributed by atoms with Gasteiger partial charge < -0.3 is 14.7 Å². The van der Waals surface area contributed by atoms with Gasteiger partial charge in [-0.25, -0.2) is 4.79 Å². The van der Waals surface area contributed by atoms with Crippen molar-refractivity contribution in [3.8, 4) is 5.75 Å². The number of likely N-dealkylation sites (tertiary alicyclic amines) is 1. The smallest absolute Gasteiger partial charge is 0.343 e. The molecule has 0 saturated carbocycles. The van der Waals surface area contributed by atoms with E-state index in [1.807, 2.05) is 6.07 Å². The van der Waals surface area contributed by atoms with Gasteiger partial charge >= 0.3 is 5.97 Å². The molecule has 0 aromatic heterocycles. The van der Waals surface area contributed by atoms with Gasteiger partial charge in [-0.05, 0) is 25.0 Å². The number of phenolic OH excluding ortho intramolecular Hbond substituents is 1. The maximum absolute atomic E-state index is 12.8. The van der Waals surface area contributed by atoms with E-state index < -0.39 is 12.1 Å². The molecular formula is C19H19NO4. The number of ether oxygens (including phenoxy) is 1. The average molecular weight is 325 g/mol. The molecule has 1 aliphatic rings. The Labute approximate surface area is 140 Å². The van der Waals surface area contributed by atoms with E-state index in [0.29, 0.717) is 18.7 Å². The van der Waals surface area contributed by atoms with Crippen molar-refractivity contribution >= 4 is 11.9 Å². The molecule has 1 atom stereocenters. The first-order chi connectivity index (χ1) is 11.7. The van der Waals surface area contributed by atoms with Crippen LogP contribution in [-0.4, -0.2) is 35.0 Å². The Hall–Kier alpha value is -2.82. The van der Waals surface area contributed by atoms with Crippen molar-refractivity contribution in [1.82, 2.24) is 4.90 Å². The van der Waals surface area contributed by atoms with E-state index in [4.69, 9.17) is 4.74 Å². The third kappa shape index (κ3) is 3.40. The summed E-state index contributed by atoms with van der Waals surface area (Å²) < 4.78 is 5.49. The Kier molecular flexibility index (Phi) is 4.79. The molecule has 1 heterocycles. The minimum Gasteiger partial charge on any atom is -0.507 e. The third-order valence-corrected chi connectivity index (χ3v) is 4.09. The van der Waals surface area contributed by atoms with Crippen molar-refractivity contribution < 1.29 is 19.4 Å². The number of aromatic hydroxyl groups is 1. The highest BCUT2D eigenvalue weighted by Crippen LogP contribution is 2.26. The van der Waals surface area contributed by atoms with Crippen LogP contribution in [-0.2, 0) is 9.53 Å². The summed E-state index contributed by atoms with van der Waals surface area (Å²) >= 11 is 0. The Balaban J connectivity index is 1.86. The number of carbonyl (C=O) groups is 2. The largest absolute Gasteiger partial charge is 0.507 e. The number of carbonyl (C=O) groups excluding carboxylic acids is 2. The summed E-state index contributed by atoms with van der Waals surface area (Å²) in [5.41, 5.74) is 0.672. The molecule has 0 aliphatic carbocycles. The van der Waals surface area contributed by atoms with Crippen molar-refractivity contribution in [3.63, 3.8) is 0 Å². The van der Waals surface area contributed by atoms with Gasteiger partial charge in [0.15, 0.2) is 0 Å². The lowest BCUT2D eigenvalue weighted by Gasteiger charge is -2.23. The molecule has 24 heavy (non-hydrogen) atoms. The van der Waals surface area contributed by atoms with Crippen LogP contribution in [0.2, 0.25) is 0 Å². The normalized spacial score (nSPS) is 15.1. The highest BCUT2D eigenvalue weighted by atomic mass is 16.5. The van der Waals surface area contributed by atoms with E-state index in [1.165, 1.54) is 12.1 Å². The lowest BCUT2D eigenvalue weighted by molar-refractivity contribution is -0.140. The van der Waals surface area contributed by atoms with Crippen LogP contribution < -0.4 is 0 Å². The van der Waals surface area contributed by atoms with Crippen molar-refractivity contribution in [1.29, 1.82) is 0 Å². The number of esters is 1. The number of rotatable bonds is 4. The Bertz CT molecular complexity index is 723. The van der Waals surface area contributed by atoms with Gasteiger partial charge in [0.25, 0.3) is 5.91 Å². The van der Waals surface area contributed by atoms with Crippen LogP contribution in [0.1, 0.15) is 34.9 Å². The van der Waals surface area contributed by atoms with E-state index >= 15 is 0 Å². The van der Waals surface area contributed by atoms with Gasteiger partial charge in [0.2, 0.25) is 6.10 Å². The molecule has 1 amide bonds.